The number of nitrogens with one attached hydrogen (secondary N) is 1. The predicted molar refractivity (Wildman–Crippen MR) is 105 cm³/mol. The number of anilines is 1. The van der Waals surface area contributed by atoms with E-state index in [0.717, 1.165) is 10.5 Å². The highest BCUT2D eigenvalue weighted by molar-refractivity contribution is 6.21. The first-order valence-corrected chi connectivity index (χ1v) is 8.64. The molecule has 6 nitrogen and oxygen atoms in total. The van der Waals surface area contributed by atoms with Crippen LogP contribution in [0, 0.1) is 0 Å². The fourth-order valence-corrected chi connectivity index (χ4v) is 2.98. The second kappa shape index (κ2) is 7.00. The van der Waals surface area contributed by atoms with E-state index in [1.165, 1.54) is 25.3 Å². The van der Waals surface area contributed by atoms with Crippen LogP contribution in [0.1, 0.15) is 26.5 Å². The Morgan fingerprint density at radius 1 is 0.964 bits per heavy atom. The number of hydrogen-bond donors (Lipinski definition) is 1. The Balaban J connectivity index is 1.45. The van der Waals surface area contributed by atoms with Gasteiger partial charge in [-0.15, -0.1) is 0 Å². The van der Waals surface area contributed by atoms with Gasteiger partial charge in [0.15, 0.2) is 0 Å². The largest absolute Gasteiger partial charge is 0.457 e. The van der Waals surface area contributed by atoms with Crippen LogP contribution in [0.3, 0.4) is 0 Å². The Morgan fingerprint density at radius 3 is 2.50 bits per heavy atom. The summed E-state index contributed by atoms with van der Waals surface area (Å²) in [6.45, 7) is 0. The SMILES string of the molecule is CN1C(=O)c2ccc(NC(=O)/C=C/c3ccc(-c4ccccc4)o3)cc2C1=O. The lowest BCUT2D eigenvalue weighted by Gasteiger charge is -2.03. The number of benzene rings is 2. The van der Waals surface area contributed by atoms with Crippen molar-refractivity contribution >= 4 is 29.5 Å². The van der Waals surface area contributed by atoms with Crippen molar-refractivity contribution in [2.24, 2.45) is 0 Å². The molecule has 0 spiro atoms. The molecule has 6 heteroatoms. The zero-order chi connectivity index (χ0) is 19.7. The van der Waals surface area contributed by atoms with Crippen LogP contribution in [-0.4, -0.2) is 29.7 Å². The van der Waals surface area contributed by atoms with E-state index in [1.807, 2.05) is 36.4 Å². The Morgan fingerprint density at radius 2 is 1.71 bits per heavy atom. The van der Waals surface area contributed by atoms with Gasteiger partial charge in [0.25, 0.3) is 11.8 Å². The minimum Gasteiger partial charge on any atom is -0.457 e. The topological polar surface area (TPSA) is 79.6 Å². The number of hydrogen-bond acceptors (Lipinski definition) is 4. The standard InChI is InChI=1S/C22H16N2O4/c1-24-21(26)17-10-7-15(13-18(17)22(24)27)23-20(25)12-9-16-8-11-19(28-16)14-5-3-2-4-6-14/h2-13H,1H3,(H,23,25)/b12-9+. The minimum atomic E-state index is -0.379. The van der Waals surface area contributed by atoms with Crippen molar-refractivity contribution in [2.75, 3.05) is 12.4 Å². The Labute approximate surface area is 161 Å². The third-order valence-corrected chi connectivity index (χ3v) is 4.44. The van der Waals surface area contributed by atoms with Crippen LogP contribution in [0.4, 0.5) is 5.69 Å². The van der Waals surface area contributed by atoms with Crippen LogP contribution in [0.15, 0.2) is 71.2 Å². The number of nitrogens with zero attached hydrogens (tertiary/aromatic N) is 1. The molecule has 2 heterocycles. The molecule has 1 aliphatic rings. The summed E-state index contributed by atoms with van der Waals surface area (Å²) in [5.41, 5.74) is 2.01. The summed E-state index contributed by atoms with van der Waals surface area (Å²) in [6.07, 6.45) is 2.91. The van der Waals surface area contributed by atoms with Crippen molar-refractivity contribution in [2.45, 2.75) is 0 Å². The minimum absolute atomic E-state index is 0.285. The Kier molecular flexibility index (Phi) is 4.37. The zero-order valence-corrected chi connectivity index (χ0v) is 15.0. The highest BCUT2D eigenvalue weighted by atomic mass is 16.3. The van der Waals surface area contributed by atoms with Gasteiger partial charge in [-0.05, 0) is 36.4 Å². The predicted octanol–water partition coefficient (Wildman–Crippen LogP) is 3.82. The van der Waals surface area contributed by atoms with Gasteiger partial charge < -0.3 is 9.73 Å². The first-order chi connectivity index (χ1) is 13.5. The van der Waals surface area contributed by atoms with E-state index < -0.39 is 0 Å². The van der Waals surface area contributed by atoms with Crippen molar-refractivity contribution in [1.82, 2.24) is 4.90 Å². The molecule has 0 saturated heterocycles. The number of fused-ring (bicyclic) bond motifs is 1. The number of imide groups is 1. The quantitative estimate of drug-likeness (QED) is 0.558. The summed E-state index contributed by atoms with van der Waals surface area (Å²) >= 11 is 0. The van der Waals surface area contributed by atoms with E-state index in [1.54, 1.807) is 18.2 Å². The molecule has 0 bridgehead atoms. The molecule has 0 unspecified atom stereocenters. The Hall–Kier alpha value is -3.93. The molecule has 4 rings (SSSR count). The number of amides is 3. The van der Waals surface area contributed by atoms with Crippen molar-refractivity contribution in [3.8, 4) is 11.3 Å². The second-order valence-corrected chi connectivity index (χ2v) is 6.32. The van der Waals surface area contributed by atoms with E-state index in [9.17, 15) is 14.4 Å². The third kappa shape index (κ3) is 3.23. The van der Waals surface area contributed by atoms with Gasteiger partial charge >= 0.3 is 0 Å². The Bertz CT molecular complexity index is 1110. The highest BCUT2D eigenvalue weighted by Crippen LogP contribution is 2.25. The molecule has 0 aliphatic carbocycles. The van der Waals surface area contributed by atoms with Gasteiger partial charge in [-0.25, -0.2) is 0 Å². The summed E-state index contributed by atoms with van der Waals surface area (Å²) in [5, 5.41) is 2.68. The van der Waals surface area contributed by atoms with Crippen LogP contribution in [0.25, 0.3) is 17.4 Å². The number of rotatable bonds is 4. The maximum atomic E-state index is 12.2. The van der Waals surface area contributed by atoms with Gasteiger partial charge in [0, 0.05) is 24.4 Å². The first-order valence-electron chi connectivity index (χ1n) is 8.64. The van der Waals surface area contributed by atoms with Gasteiger partial charge in [-0.2, -0.15) is 0 Å². The lowest BCUT2D eigenvalue weighted by molar-refractivity contribution is -0.111. The molecule has 1 aromatic heterocycles. The van der Waals surface area contributed by atoms with E-state index in [4.69, 9.17) is 4.42 Å². The maximum Gasteiger partial charge on any atom is 0.261 e. The van der Waals surface area contributed by atoms with Crippen LogP contribution < -0.4 is 5.32 Å². The van der Waals surface area contributed by atoms with Crippen molar-refractivity contribution in [1.29, 1.82) is 0 Å². The zero-order valence-electron chi connectivity index (χ0n) is 15.0. The lowest BCUT2D eigenvalue weighted by Crippen LogP contribution is -2.24. The van der Waals surface area contributed by atoms with Gasteiger partial charge in [0.05, 0.1) is 11.1 Å². The van der Waals surface area contributed by atoms with Gasteiger partial charge in [0.1, 0.15) is 11.5 Å². The van der Waals surface area contributed by atoms with Crippen molar-refractivity contribution in [3.05, 3.63) is 83.6 Å². The third-order valence-electron chi connectivity index (χ3n) is 4.44. The first kappa shape index (κ1) is 17.5. The summed E-state index contributed by atoms with van der Waals surface area (Å²) in [5.74, 6) is 0.167. The normalized spacial score (nSPS) is 13.2. The smallest absolute Gasteiger partial charge is 0.261 e. The highest BCUT2D eigenvalue weighted by Gasteiger charge is 2.32. The maximum absolute atomic E-state index is 12.2. The molecule has 1 aliphatic heterocycles. The average molecular weight is 372 g/mol. The molecule has 138 valence electrons. The van der Waals surface area contributed by atoms with E-state index in [0.29, 0.717) is 22.8 Å². The van der Waals surface area contributed by atoms with Crippen LogP contribution in [-0.2, 0) is 4.79 Å². The van der Waals surface area contributed by atoms with Crippen molar-refractivity contribution < 1.29 is 18.8 Å². The van der Waals surface area contributed by atoms with Gasteiger partial charge in [-0.1, -0.05) is 30.3 Å². The number of carbonyl (C=O) groups is 3. The fourth-order valence-electron chi connectivity index (χ4n) is 2.98. The molecule has 28 heavy (non-hydrogen) atoms. The number of furan rings is 1. The van der Waals surface area contributed by atoms with Crippen LogP contribution in [0.2, 0.25) is 0 Å². The molecule has 3 amide bonds. The van der Waals surface area contributed by atoms with Crippen molar-refractivity contribution in [3.63, 3.8) is 0 Å². The van der Waals surface area contributed by atoms with Crippen LogP contribution in [0.5, 0.6) is 0 Å². The summed E-state index contributed by atoms with van der Waals surface area (Å²) < 4.78 is 5.71. The summed E-state index contributed by atoms with van der Waals surface area (Å²) in [6, 6.07) is 17.9. The molecule has 0 fully saturated rings. The molecule has 0 saturated carbocycles. The van der Waals surface area contributed by atoms with E-state index in [2.05, 4.69) is 5.32 Å². The van der Waals surface area contributed by atoms with Gasteiger partial charge in [-0.3, -0.25) is 19.3 Å². The van der Waals surface area contributed by atoms with Gasteiger partial charge in [0.2, 0.25) is 5.91 Å². The lowest BCUT2D eigenvalue weighted by atomic mass is 10.1. The summed E-state index contributed by atoms with van der Waals surface area (Å²) in [4.78, 5) is 37.2. The molecule has 1 N–H and O–H groups in total. The second-order valence-electron chi connectivity index (χ2n) is 6.32. The number of carbonyl (C=O) groups excluding carboxylic acids is 3. The van der Waals surface area contributed by atoms with E-state index in [-0.39, 0.29) is 23.3 Å². The molecular formula is C22H16N2O4. The summed E-state index contributed by atoms with van der Waals surface area (Å²) in [7, 11) is 1.43. The monoisotopic (exact) mass is 372 g/mol. The van der Waals surface area contributed by atoms with Crippen LogP contribution >= 0.6 is 0 Å². The molecule has 0 radical (unpaired) electrons. The molecule has 2 aromatic carbocycles. The molecule has 3 aromatic rings. The average Bonchev–Trinajstić information content (AvgIpc) is 3.27. The van der Waals surface area contributed by atoms with E-state index >= 15 is 0 Å². The fraction of sp³-hybridized carbons (Fsp3) is 0.0455. The molecule has 0 atom stereocenters. The molecular weight excluding hydrogens is 356 g/mol.